The normalized spacial score (nSPS) is 11.6. The lowest BCUT2D eigenvalue weighted by Crippen LogP contribution is -2.12. The van der Waals surface area contributed by atoms with E-state index in [9.17, 15) is 22.4 Å². The lowest BCUT2D eigenvalue weighted by atomic mass is 10.1. The molecule has 2 aromatic carbocycles. The van der Waals surface area contributed by atoms with Crippen molar-refractivity contribution in [2.45, 2.75) is 6.18 Å². The molecule has 2 heterocycles. The van der Waals surface area contributed by atoms with Crippen molar-refractivity contribution in [3.63, 3.8) is 0 Å². The number of rotatable bonds is 3. The fourth-order valence-electron chi connectivity index (χ4n) is 2.80. The molecule has 0 atom stereocenters. The molecule has 0 radical (unpaired) electrons. The molecule has 146 valence electrons. The van der Waals surface area contributed by atoms with Crippen LogP contribution in [0.1, 0.15) is 15.9 Å². The van der Waals surface area contributed by atoms with Gasteiger partial charge in [-0.3, -0.25) is 4.79 Å². The first-order chi connectivity index (χ1) is 13.8. The van der Waals surface area contributed by atoms with Crippen molar-refractivity contribution in [1.29, 1.82) is 0 Å². The predicted molar refractivity (Wildman–Crippen MR) is 96.6 cm³/mol. The van der Waals surface area contributed by atoms with Crippen molar-refractivity contribution in [3.8, 4) is 11.5 Å². The molecule has 0 bridgehead atoms. The van der Waals surface area contributed by atoms with E-state index in [1.807, 2.05) is 0 Å². The average molecular weight is 401 g/mol. The number of amides is 1. The summed E-state index contributed by atoms with van der Waals surface area (Å²) in [5.74, 6) is -1.60. The molecule has 0 aliphatic heterocycles. The summed E-state index contributed by atoms with van der Waals surface area (Å²) in [6, 6.07) is 11.4. The number of carbonyl (C=O) groups excluding carboxylic acids is 1. The van der Waals surface area contributed by atoms with Gasteiger partial charge in [-0.25, -0.2) is 14.4 Å². The van der Waals surface area contributed by atoms with Crippen molar-refractivity contribution in [3.05, 3.63) is 77.7 Å². The van der Waals surface area contributed by atoms with E-state index in [2.05, 4.69) is 15.3 Å². The molecule has 0 aliphatic carbocycles. The van der Waals surface area contributed by atoms with Crippen LogP contribution >= 0.6 is 0 Å². The molecule has 1 amide bonds. The Bertz CT molecular complexity index is 1200. The summed E-state index contributed by atoms with van der Waals surface area (Å²) in [5, 5.41) is 2.57. The minimum absolute atomic E-state index is 0.0201. The largest absolute Gasteiger partial charge is 0.435 e. The molecular formula is C20H11F4N3O2. The molecule has 9 heteroatoms. The Morgan fingerprint density at radius 2 is 1.86 bits per heavy atom. The first-order valence-electron chi connectivity index (χ1n) is 8.32. The molecule has 29 heavy (non-hydrogen) atoms. The van der Waals surface area contributed by atoms with E-state index < -0.39 is 34.9 Å². The van der Waals surface area contributed by atoms with Crippen LogP contribution in [0.3, 0.4) is 0 Å². The second kappa shape index (κ2) is 7.01. The highest BCUT2D eigenvalue weighted by molar-refractivity contribution is 6.10. The maximum absolute atomic E-state index is 13.6. The van der Waals surface area contributed by atoms with Gasteiger partial charge in [-0.15, -0.1) is 0 Å². The van der Waals surface area contributed by atoms with Crippen LogP contribution in [0.4, 0.5) is 23.4 Å². The quantitative estimate of drug-likeness (QED) is 0.473. The Hall–Kier alpha value is -3.75. The number of anilines is 1. The fourth-order valence-corrected chi connectivity index (χ4v) is 2.80. The third-order valence-electron chi connectivity index (χ3n) is 4.08. The summed E-state index contributed by atoms with van der Waals surface area (Å²) in [6.07, 6.45) is -3.24. The number of hydrogen-bond donors (Lipinski definition) is 1. The van der Waals surface area contributed by atoms with Crippen molar-refractivity contribution in [2.75, 3.05) is 5.32 Å². The number of nitrogens with one attached hydrogen (secondary N) is 1. The van der Waals surface area contributed by atoms with Gasteiger partial charge in [0.25, 0.3) is 5.91 Å². The molecule has 0 aliphatic rings. The van der Waals surface area contributed by atoms with Crippen LogP contribution in [-0.4, -0.2) is 15.9 Å². The van der Waals surface area contributed by atoms with Crippen LogP contribution in [0.5, 0.6) is 0 Å². The van der Waals surface area contributed by atoms with Crippen LogP contribution in [0.25, 0.3) is 22.6 Å². The van der Waals surface area contributed by atoms with Gasteiger partial charge in [0.15, 0.2) is 5.58 Å². The monoisotopic (exact) mass is 401 g/mol. The number of nitrogens with zero attached hydrogens (tertiary/aromatic N) is 2. The number of aromatic nitrogens is 2. The highest BCUT2D eigenvalue weighted by atomic mass is 19.4. The number of para-hydroxylation sites is 1. The van der Waals surface area contributed by atoms with Gasteiger partial charge in [0.1, 0.15) is 17.2 Å². The van der Waals surface area contributed by atoms with E-state index in [0.717, 1.165) is 0 Å². The first kappa shape index (κ1) is 18.6. The summed E-state index contributed by atoms with van der Waals surface area (Å²) < 4.78 is 59.0. The van der Waals surface area contributed by atoms with Crippen molar-refractivity contribution >= 4 is 22.8 Å². The Morgan fingerprint density at radius 3 is 2.59 bits per heavy atom. The van der Waals surface area contributed by atoms with Crippen LogP contribution in [0.2, 0.25) is 0 Å². The Balaban J connectivity index is 1.80. The van der Waals surface area contributed by atoms with E-state index in [1.54, 1.807) is 18.2 Å². The summed E-state index contributed by atoms with van der Waals surface area (Å²) in [4.78, 5) is 20.6. The zero-order valence-electron chi connectivity index (χ0n) is 14.5. The highest BCUT2D eigenvalue weighted by Gasteiger charge is 2.35. The lowest BCUT2D eigenvalue weighted by molar-refractivity contribution is -0.137. The van der Waals surface area contributed by atoms with Gasteiger partial charge in [0, 0.05) is 6.20 Å². The molecule has 0 fully saturated rings. The molecule has 0 unspecified atom stereocenters. The highest BCUT2D eigenvalue weighted by Crippen LogP contribution is 2.38. The lowest BCUT2D eigenvalue weighted by Gasteiger charge is -2.10. The van der Waals surface area contributed by atoms with Crippen molar-refractivity contribution in [2.24, 2.45) is 0 Å². The van der Waals surface area contributed by atoms with Gasteiger partial charge >= 0.3 is 6.18 Å². The summed E-state index contributed by atoms with van der Waals surface area (Å²) >= 11 is 0. The standard InChI is InChI=1S/C20H11F4N3O2/c21-11-7-8-14(20(22,23)24)13(10-11)19-26-15-5-3-4-12(17(15)29-19)18(28)27-16-6-1-2-9-25-16/h1-10H,(H,25,27,28). The van der Waals surface area contributed by atoms with E-state index in [1.165, 1.54) is 24.4 Å². The summed E-state index contributed by atoms with van der Waals surface area (Å²) in [7, 11) is 0. The maximum atomic E-state index is 13.6. The smallest absolute Gasteiger partial charge is 0.417 e. The SMILES string of the molecule is O=C(Nc1ccccn1)c1cccc2nc(-c3cc(F)ccc3C(F)(F)F)oc12. The Labute approximate surface area is 161 Å². The van der Waals surface area contributed by atoms with Gasteiger partial charge in [0.2, 0.25) is 5.89 Å². The molecule has 4 aromatic rings. The second-order valence-corrected chi connectivity index (χ2v) is 6.03. The van der Waals surface area contributed by atoms with Gasteiger partial charge in [0.05, 0.1) is 16.7 Å². The van der Waals surface area contributed by atoms with Crippen molar-refractivity contribution in [1.82, 2.24) is 9.97 Å². The minimum Gasteiger partial charge on any atom is -0.435 e. The third kappa shape index (κ3) is 3.66. The predicted octanol–water partition coefficient (Wildman–Crippen LogP) is 5.30. The fraction of sp³-hybridized carbons (Fsp3) is 0.0500. The molecule has 4 rings (SSSR count). The number of pyridine rings is 1. The first-order valence-corrected chi connectivity index (χ1v) is 8.32. The van der Waals surface area contributed by atoms with Gasteiger partial charge in [-0.2, -0.15) is 13.2 Å². The van der Waals surface area contributed by atoms with Crippen LogP contribution in [0.15, 0.2) is 65.2 Å². The third-order valence-corrected chi connectivity index (χ3v) is 4.08. The van der Waals surface area contributed by atoms with Crippen LogP contribution < -0.4 is 5.32 Å². The summed E-state index contributed by atoms with van der Waals surface area (Å²) in [6.45, 7) is 0. The molecule has 2 aromatic heterocycles. The topological polar surface area (TPSA) is 68.0 Å². The maximum Gasteiger partial charge on any atom is 0.417 e. The van der Waals surface area contributed by atoms with Crippen molar-refractivity contribution < 1.29 is 26.8 Å². The molecule has 0 saturated heterocycles. The number of alkyl halides is 3. The van der Waals surface area contributed by atoms with E-state index in [-0.39, 0.29) is 16.7 Å². The van der Waals surface area contributed by atoms with Crippen LogP contribution in [-0.2, 0) is 6.18 Å². The Kier molecular flexibility index (Phi) is 4.50. The van der Waals surface area contributed by atoms with Gasteiger partial charge in [-0.05, 0) is 42.5 Å². The van der Waals surface area contributed by atoms with E-state index in [0.29, 0.717) is 24.0 Å². The number of hydrogen-bond acceptors (Lipinski definition) is 4. The Morgan fingerprint density at radius 1 is 1.03 bits per heavy atom. The molecule has 0 saturated carbocycles. The van der Waals surface area contributed by atoms with Gasteiger partial charge in [-0.1, -0.05) is 12.1 Å². The molecule has 1 N–H and O–H groups in total. The number of fused-ring (bicyclic) bond motifs is 1. The summed E-state index contributed by atoms with van der Waals surface area (Å²) in [5.41, 5.74) is -1.45. The number of benzene rings is 2. The van der Waals surface area contributed by atoms with E-state index in [4.69, 9.17) is 4.42 Å². The zero-order chi connectivity index (χ0) is 20.6. The number of oxazole rings is 1. The minimum atomic E-state index is -4.73. The number of halogens is 4. The molecule has 0 spiro atoms. The zero-order valence-corrected chi connectivity index (χ0v) is 14.5. The van der Waals surface area contributed by atoms with E-state index >= 15 is 0 Å². The molecule has 5 nitrogen and oxygen atoms in total. The van der Waals surface area contributed by atoms with Crippen LogP contribution in [0, 0.1) is 5.82 Å². The molecular weight excluding hydrogens is 390 g/mol. The second-order valence-electron chi connectivity index (χ2n) is 6.03. The van der Waals surface area contributed by atoms with Gasteiger partial charge < -0.3 is 9.73 Å². The number of carbonyl (C=O) groups is 1. The average Bonchev–Trinajstić information content (AvgIpc) is 3.12.